The van der Waals surface area contributed by atoms with Crippen LogP contribution in [0.4, 0.5) is 0 Å². The van der Waals surface area contributed by atoms with Crippen LogP contribution >= 0.6 is 11.8 Å². The highest BCUT2D eigenvalue weighted by atomic mass is 32.2. The zero-order chi connectivity index (χ0) is 9.97. The topological polar surface area (TPSA) is 30.0 Å². The fraction of sp³-hybridized carbons (Fsp3) is 1.00. The molecule has 82 valence electrons. The molecule has 0 aromatic heterocycles. The van der Waals surface area contributed by atoms with Gasteiger partial charge in [-0.15, -0.1) is 11.8 Å². The Labute approximate surface area is 89.8 Å². The number of nitrogens with zero attached hydrogens (tertiary/aromatic N) is 3. The van der Waals surface area contributed by atoms with Crippen LogP contribution in [-0.4, -0.2) is 64.7 Å². The summed E-state index contributed by atoms with van der Waals surface area (Å²) in [6.07, 6.45) is 2.48. The van der Waals surface area contributed by atoms with E-state index < -0.39 is 0 Å². The van der Waals surface area contributed by atoms with Crippen LogP contribution < -0.4 is 0 Å². The van der Waals surface area contributed by atoms with Crippen molar-refractivity contribution >= 4 is 11.8 Å². The first kappa shape index (κ1) is 10.7. The van der Waals surface area contributed by atoms with Gasteiger partial charge in [0.15, 0.2) is 0 Å². The van der Waals surface area contributed by atoms with Crippen LogP contribution in [0.25, 0.3) is 0 Å². The number of thioether (sulfide) groups is 1. The molecular formula is C9H19N3OS. The number of hydroxylamine groups is 2. The minimum absolute atomic E-state index is 0.675. The van der Waals surface area contributed by atoms with Crippen molar-refractivity contribution in [1.82, 2.24) is 14.9 Å². The van der Waals surface area contributed by atoms with Gasteiger partial charge >= 0.3 is 0 Å². The molecule has 2 aliphatic rings. The lowest BCUT2D eigenvalue weighted by atomic mass is 10.0. The van der Waals surface area contributed by atoms with Crippen LogP contribution in [0.1, 0.15) is 12.8 Å². The lowest BCUT2D eigenvalue weighted by Crippen LogP contribution is -2.49. The molecule has 0 bridgehead atoms. The molecule has 0 radical (unpaired) electrons. The van der Waals surface area contributed by atoms with Crippen LogP contribution in [0, 0.1) is 0 Å². The third-order valence-corrected chi connectivity index (χ3v) is 4.04. The first-order chi connectivity index (χ1) is 6.75. The number of hydrogen-bond acceptors (Lipinski definition) is 5. The van der Waals surface area contributed by atoms with Gasteiger partial charge in [0.05, 0.1) is 12.5 Å². The van der Waals surface area contributed by atoms with Crippen LogP contribution in [0.2, 0.25) is 0 Å². The van der Waals surface area contributed by atoms with E-state index in [0.717, 1.165) is 18.4 Å². The van der Waals surface area contributed by atoms with Gasteiger partial charge in [0.2, 0.25) is 0 Å². The molecule has 4 nitrogen and oxygen atoms in total. The maximum Gasteiger partial charge on any atom is 0.0772 e. The zero-order valence-corrected chi connectivity index (χ0v) is 9.54. The highest BCUT2D eigenvalue weighted by Gasteiger charge is 2.26. The van der Waals surface area contributed by atoms with Gasteiger partial charge in [-0.25, -0.2) is 0 Å². The van der Waals surface area contributed by atoms with E-state index in [1.54, 1.807) is 11.8 Å². The van der Waals surface area contributed by atoms with E-state index in [9.17, 15) is 5.21 Å². The molecular weight excluding hydrogens is 198 g/mol. The molecule has 2 rings (SSSR count). The molecule has 2 fully saturated rings. The fourth-order valence-electron chi connectivity index (χ4n) is 2.14. The normalized spacial score (nSPS) is 29.6. The summed E-state index contributed by atoms with van der Waals surface area (Å²) in [6, 6.07) is 0.675. The lowest BCUT2D eigenvalue weighted by molar-refractivity contribution is -0.120. The Morgan fingerprint density at radius 1 is 1.21 bits per heavy atom. The van der Waals surface area contributed by atoms with Gasteiger partial charge in [-0.2, -0.15) is 5.06 Å². The van der Waals surface area contributed by atoms with Crippen molar-refractivity contribution in [2.24, 2.45) is 0 Å². The molecule has 0 unspecified atom stereocenters. The maximum absolute atomic E-state index is 9.42. The summed E-state index contributed by atoms with van der Waals surface area (Å²) in [5.41, 5.74) is 0. The number of hydrogen-bond donors (Lipinski definition) is 1. The lowest BCUT2D eigenvalue weighted by Gasteiger charge is -2.40. The van der Waals surface area contributed by atoms with Gasteiger partial charge in [-0.05, 0) is 33.0 Å². The van der Waals surface area contributed by atoms with E-state index >= 15 is 0 Å². The predicted octanol–water partition coefficient (Wildman–Crippen LogP) is 0.693. The summed E-state index contributed by atoms with van der Waals surface area (Å²) in [5.74, 6) is 1.83. The van der Waals surface area contributed by atoms with Crippen molar-refractivity contribution in [3.63, 3.8) is 0 Å². The molecule has 2 aliphatic heterocycles. The highest BCUT2D eigenvalue weighted by Crippen LogP contribution is 2.21. The minimum Gasteiger partial charge on any atom is -0.312 e. The van der Waals surface area contributed by atoms with E-state index in [1.165, 1.54) is 31.0 Å². The summed E-state index contributed by atoms with van der Waals surface area (Å²) in [5, 5.41) is 10.8. The fourth-order valence-corrected chi connectivity index (χ4v) is 3.04. The molecule has 5 heteroatoms. The summed E-state index contributed by atoms with van der Waals surface area (Å²) in [6.45, 7) is 3.11. The van der Waals surface area contributed by atoms with E-state index in [-0.39, 0.29) is 0 Å². The summed E-state index contributed by atoms with van der Waals surface area (Å²) < 4.78 is 0. The van der Waals surface area contributed by atoms with Gasteiger partial charge in [0.25, 0.3) is 0 Å². The van der Waals surface area contributed by atoms with Gasteiger partial charge in [-0.3, -0.25) is 4.90 Å². The smallest absolute Gasteiger partial charge is 0.0772 e. The second kappa shape index (κ2) is 4.81. The van der Waals surface area contributed by atoms with Crippen LogP contribution in [0.3, 0.4) is 0 Å². The molecule has 0 atom stereocenters. The highest BCUT2D eigenvalue weighted by molar-refractivity contribution is 7.99. The van der Waals surface area contributed by atoms with E-state index in [0.29, 0.717) is 6.04 Å². The molecule has 14 heavy (non-hydrogen) atoms. The third-order valence-electron chi connectivity index (χ3n) is 3.05. The molecule has 0 saturated carbocycles. The number of piperidine rings is 1. The summed E-state index contributed by atoms with van der Waals surface area (Å²) in [7, 11) is 2.18. The second-order valence-corrected chi connectivity index (χ2v) is 5.16. The summed E-state index contributed by atoms with van der Waals surface area (Å²) >= 11 is 1.79. The Kier molecular flexibility index (Phi) is 3.67. The maximum atomic E-state index is 9.42. The first-order valence-electron chi connectivity index (χ1n) is 5.20. The van der Waals surface area contributed by atoms with Crippen molar-refractivity contribution in [2.75, 3.05) is 38.6 Å². The summed E-state index contributed by atoms with van der Waals surface area (Å²) in [4.78, 5) is 4.77. The van der Waals surface area contributed by atoms with Crippen molar-refractivity contribution < 1.29 is 5.21 Å². The van der Waals surface area contributed by atoms with Gasteiger partial charge in [0, 0.05) is 11.9 Å². The van der Waals surface area contributed by atoms with Gasteiger partial charge in [-0.1, -0.05) is 0 Å². The van der Waals surface area contributed by atoms with E-state index in [2.05, 4.69) is 16.8 Å². The Balaban J connectivity index is 1.82. The molecule has 2 saturated heterocycles. The van der Waals surface area contributed by atoms with E-state index in [1.807, 2.05) is 0 Å². The molecule has 0 aromatic rings. The Bertz CT molecular complexity index is 185. The monoisotopic (exact) mass is 217 g/mol. The Hall–Kier alpha value is 0.190. The average Bonchev–Trinajstić information content (AvgIpc) is 2.19. The SMILES string of the molecule is CN1CCC(N2CSCN(O)C2)CC1. The number of likely N-dealkylation sites (tertiary alicyclic amines) is 1. The molecule has 0 aliphatic carbocycles. The van der Waals surface area contributed by atoms with Crippen molar-refractivity contribution in [1.29, 1.82) is 0 Å². The van der Waals surface area contributed by atoms with Gasteiger partial charge in [0.1, 0.15) is 0 Å². The van der Waals surface area contributed by atoms with Gasteiger partial charge < -0.3 is 10.1 Å². The Morgan fingerprint density at radius 2 is 1.93 bits per heavy atom. The molecule has 0 spiro atoms. The van der Waals surface area contributed by atoms with Crippen LogP contribution in [0.15, 0.2) is 0 Å². The van der Waals surface area contributed by atoms with Crippen molar-refractivity contribution in [3.05, 3.63) is 0 Å². The largest absolute Gasteiger partial charge is 0.312 e. The minimum atomic E-state index is 0.675. The second-order valence-electron chi connectivity index (χ2n) is 4.23. The molecule has 0 amide bonds. The quantitative estimate of drug-likeness (QED) is 0.698. The van der Waals surface area contributed by atoms with Crippen molar-refractivity contribution in [2.45, 2.75) is 18.9 Å². The Morgan fingerprint density at radius 3 is 2.57 bits per heavy atom. The predicted molar refractivity (Wildman–Crippen MR) is 58.2 cm³/mol. The number of rotatable bonds is 1. The molecule has 2 heterocycles. The van der Waals surface area contributed by atoms with Crippen molar-refractivity contribution in [3.8, 4) is 0 Å². The zero-order valence-electron chi connectivity index (χ0n) is 8.72. The third kappa shape index (κ3) is 2.61. The van der Waals surface area contributed by atoms with Crippen LogP contribution in [-0.2, 0) is 0 Å². The average molecular weight is 217 g/mol. The first-order valence-corrected chi connectivity index (χ1v) is 6.35. The molecule has 1 N–H and O–H groups in total. The van der Waals surface area contributed by atoms with Crippen LogP contribution in [0.5, 0.6) is 0 Å². The standard InChI is InChI=1S/C9H19N3OS/c1-10-4-2-9(3-5-10)11-6-12(13)8-14-7-11/h9,13H,2-8H2,1H3. The van der Waals surface area contributed by atoms with E-state index in [4.69, 9.17) is 0 Å². The molecule has 0 aromatic carbocycles.